The van der Waals surface area contributed by atoms with Gasteiger partial charge in [-0.25, -0.2) is 9.37 Å². The van der Waals surface area contributed by atoms with Crippen molar-refractivity contribution in [3.8, 4) is 17.0 Å². The standard InChI is InChI=1S/C16H14ClFINO/c1-2-16(8-19)9-21-15-12(16)7-13(17)20-14(15)10-3-5-11(18)6-4-10/h3-7H,2,8-9H2,1H3. The Balaban J connectivity index is 2.19. The lowest BCUT2D eigenvalue weighted by molar-refractivity contribution is 0.279. The molecule has 0 saturated carbocycles. The van der Waals surface area contributed by atoms with E-state index in [4.69, 9.17) is 16.3 Å². The maximum absolute atomic E-state index is 13.1. The van der Waals surface area contributed by atoms with Crippen LogP contribution in [-0.2, 0) is 5.41 Å². The molecule has 0 spiro atoms. The molecule has 1 aromatic heterocycles. The smallest absolute Gasteiger partial charge is 0.149 e. The number of ether oxygens (including phenoxy) is 1. The average molecular weight is 418 g/mol. The predicted octanol–water partition coefficient (Wildman–Crippen LogP) is 5.02. The van der Waals surface area contributed by atoms with Gasteiger partial charge in [-0.2, -0.15) is 0 Å². The third-order valence-corrected chi connectivity index (χ3v) is 5.71. The first-order valence-corrected chi connectivity index (χ1v) is 8.66. The summed E-state index contributed by atoms with van der Waals surface area (Å²) in [5, 5.41) is 0.446. The lowest BCUT2D eigenvalue weighted by Gasteiger charge is -2.23. The van der Waals surface area contributed by atoms with Crippen molar-refractivity contribution in [2.75, 3.05) is 11.0 Å². The summed E-state index contributed by atoms with van der Waals surface area (Å²) in [7, 11) is 0. The molecule has 2 aromatic rings. The van der Waals surface area contributed by atoms with E-state index in [1.807, 2.05) is 6.07 Å². The van der Waals surface area contributed by atoms with Crippen molar-refractivity contribution in [3.63, 3.8) is 0 Å². The fourth-order valence-electron chi connectivity index (χ4n) is 2.63. The van der Waals surface area contributed by atoms with E-state index < -0.39 is 0 Å². The first kappa shape index (κ1) is 15.0. The molecule has 1 aliphatic heterocycles. The molecule has 110 valence electrons. The van der Waals surface area contributed by atoms with Crippen LogP contribution in [0.3, 0.4) is 0 Å². The van der Waals surface area contributed by atoms with E-state index in [2.05, 4.69) is 34.5 Å². The van der Waals surface area contributed by atoms with Gasteiger partial charge in [0.05, 0.1) is 6.61 Å². The van der Waals surface area contributed by atoms with Crippen molar-refractivity contribution in [2.45, 2.75) is 18.8 Å². The van der Waals surface area contributed by atoms with Gasteiger partial charge in [-0.05, 0) is 36.8 Å². The summed E-state index contributed by atoms with van der Waals surface area (Å²) in [6, 6.07) is 8.15. The minimum absolute atomic E-state index is 0.0166. The summed E-state index contributed by atoms with van der Waals surface area (Å²) >= 11 is 8.60. The predicted molar refractivity (Wildman–Crippen MR) is 91.0 cm³/mol. The lowest BCUT2D eigenvalue weighted by atomic mass is 9.82. The molecule has 0 aliphatic carbocycles. The Morgan fingerprint density at radius 2 is 2.10 bits per heavy atom. The number of fused-ring (bicyclic) bond motifs is 1. The van der Waals surface area contributed by atoms with Crippen molar-refractivity contribution >= 4 is 34.2 Å². The van der Waals surface area contributed by atoms with E-state index in [-0.39, 0.29) is 11.2 Å². The fraction of sp³-hybridized carbons (Fsp3) is 0.312. The molecule has 2 nitrogen and oxygen atoms in total. The Kier molecular flexibility index (Phi) is 4.10. The molecular formula is C16H14ClFINO. The van der Waals surface area contributed by atoms with Crippen LogP contribution in [0, 0.1) is 5.82 Å². The Bertz CT molecular complexity index is 671. The highest BCUT2D eigenvalue weighted by Crippen LogP contribution is 2.47. The molecule has 21 heavy (non-hydrogen) atoms. The Morgan fingerprint density at radius 1 is 1.38 bits per heavy atom. The lowest BCUT2D eigenvalue weighted by Crippen LogP contribution is -2.28. The third-order valence-electron chi connectivity index (χ3n) is 4.06. The Labute approximate surface area is 141 Å². The van der Waals surface area contributed by atoms with Gasteiger partial charge in [0.1, 0.15) is 22.4 Å². The van der Waals surface area contributed by atoms with Gasteiger partial charge in [0.25, 0.3) is 0 Å². The molecule has 1 unspecified atom stereocenters. The first-order chi connectivity index (χ1) is 10.1. The van der Waals surface area contributed by atoms with Gasteiger partial charge in [-0.3, -0.25) is 0 Å². The maximum atomic E-state index is 13.1. The largest absolute Gasteiger partial charge is 0.490 e. The van der Waals surface area contributed by atoms with Gasteiger partial charge in [0.2, 0.25) is 0 Å². The summed E-state index contributed by atoms with van der Waals surface area (Å²) < 4.78 is 20.0. The fourth-order valence-corrected chi connectivity index (χ4v) is 4.00. The van der Waals surface area contributed by atoms with Crippen molar-refractivity contribution < 1.29 is 9.13 Å². The highest BCUT2D eigenvalue weighted by Gasteiger charge is 2.40. The molecule has 0 amide bonds. The summed E-state index contributed by atoms with van der Waals surface area (Å²) in [5.41, 5.74) is 2.60. The quantitative estimate of drug-likeness (QED) is 0.398. The van der Waals surface area contributed by atoms with Crippen LogP contribution in [0.1, 0.15) is 18.9 Å². The first-order valence-electron chi connectivity index (χ1n) is 6.75. The van der Waals surface area contributed by atoms with Crippen LogP contribution in [-0.4, -0.2) is 16.0 Å². The molecule has 1 atom stereocenters. The zero-order chi connectivity index (χ0) is 15.0. The number of pyridine rings is 1. The molecule has 0 fully saturated rings. The highest BCUT2D eigenvalue weighted by molar-refractivity contribution is 14.1. The van der Waals surface area contributed by atoms with E-state index in [1.54, 1.807) is 12.1 Å². The number of hydrogen-bond acceptors (Lipinski definition) is 2. The second-order valence-corrected chi connectivity index (χ2v) is 6.38. The normalized spacial score (nSPS) is 20.2. The molecule has 0 N–H and O–H groups in total. The maximum Gasteiger partial charge on any atom is 0.149 e. The number of nitrogens with zero attached hydrogens (tertiary/aromatic N) is 1. The summed E-state index contributed by atoms with van der Waals surface area (Å²) in [6.07, 6.45) is 0.978. The molecule has 2 heterocycles. The molecule has 0 saturated heterocycles. The summed E-state index contributed by atoms with van der Waals surface area (Å²) in [5.74, 6) is 0.512. The highest BCUT2D eigenvalue weighted by atomic mass is 127. The Morgan fingerprint density at radius 3 is 2.71 bits per heavy atom. The molecule has 0 bridgehead atoms. The van der Waals surface area contributed by atoms with Gasteiger partial charge in [-0.15, -0.1) is 0 Å². The number of hydrogen-bond donors (Lipinski definition) is 0. The van der Waals surface area contributed by atoms with Gasteiger partial charge in [-0.1, -0.05) is 41.1 Å². The SMILES string of the molecule is CCC1(CI)COc2c1cc(Cl)nc2-c1ccc(F)cc1. The summed E-state index contributed by atoms with van der Waals surface area (Å²) in [6.45, 7) is 2.79. The van der Waals surface area contributed by atoms with Crippen molar-refractivity contribution in [1.29, 1.82) is 0 Å². The molecular weight excluding hydrogens is 404 g/mol. The van der Waals surface area contributed by atoms with Gasteiger partial charge >= 0.3 is 0 Å². The monoisotopic (exact) mass is 417 g/mol. The molecule has 5 heteroatoms. The van der Waals surface area contributed by atoms with Crippen LogP contribution >= 0.6 is 34.2 Å². The third kappa shape index (κ3) is 2.52. The van der Waals surface area contributed by atoms with E-state index >= 15 is 0 Å². The number of alkyl halides is 1. The van der Waals surface area contributed by atoms with Crippen LogP contribution < -0.4 is 4.74 Å². The second-order valence-electron chi connectivity index (χ2n) is 5.23. The molecule has 1 aromatic carbocycles. The van der Waals surface area contributed by atoms with Gasteiger partial charge in [0, 0.05) is 21.0 Å². The van der Waals surface area contributed by atoms with E-state index in [1.165, 1.54) is 12.1 Å². The van der Waals surface area contributed by atoms with Gasteiger partial charge in [0.15, 0.2) is 0 Å². The molecule has 3 rings (SSSR count). The molecule has 1 aliphatic rings. The minimum atomic E-state index is -0.270. The van der Waals surface area contributed by atoms with Crippen LogP contribution in [0.2, 0.25) is 5.15 Å². The van der Waals surface area contributed by atoms with Crippen molar-refractivity contribution in [3.05, 3.63) is 46.9 Å². The van der Waals surface area contributed by atoms with E-state index in [9.17, 15) is 4.39 Å². The van der Waals surface area contributed by atoms with Crippen LogP contribution in [0.4, 0.5) is 4.39 Å². The average Bonchev–Trinajstić information content (AvgIpc) is 2.86. The summed E-state index contributed by atoms with van der Waals surface area (Å²) in [4.78, 5) is 4.39. The zero-order valence-electron chi connectivity index (χ0n) is 11.5. The van der Waals surface area contributed by atoms with Crippen molar-refractivity contribution in [1.82, 2.24) is 4.98 Å². The topological polar surface area (TPSA) is 22.1 Å². The number of benzene rings is 1. The van der Waals surface area contributed by atoms with E-state index in [0.717, 1.165) is 27.7 Å². The van der Waals surface area contributed by atoms with Crippen LogP contribution in [0.5, 0.6) is 5.75 Å². The number of rotatable bonds is 3. The second kappa shape index (κ2) is 5.72. The van der Waals surface area contributed by atoms with Crippen molar-refractivity contribution in [2.24, 2.45) is 0 Å². The zero-order valence-corrected chi connectivity index (χ0v) is 14.4. The van der Waals surface area contributed by atoms with Crippen LogP contribution in [0.15, 0.2) is 30.3 Å². The number of aromatic nitrogens is 1. The number of halogens is 3. The molecule has 0 radical (unpaired) electrons. The Hall–Kier alpha value is -0.880. The van der Waals surface area contributed by atoms with Crippen LogP contribution in [0.25, 0.3) is 11.3 Å². The van der Waals surface area contributed by atoms with E-state index in [0.29, 0.717) is 17.5 Å². The minimum Gasteiger partial charge on any atom is -0.490 e. The van der Waals surface area contributed by atoms with Gasteiger partial charge < -0.3 is 4.74 Å².